The van der Waals surface area contributed by atoms with Crippen LogP contribution in [0, 0.1) is 0 Å². The number of thiophene rings is 1. The molecule has 1 aromatic heterocycles. The van der Waals surface area contributed by atoms with Crippen molar-refractivity contribution in [2.75, 3.05) is 0 Å². The monoisotopic (exact) mass is 264 g/mol. The average Bonchev–Trinajstić information content (AvgIpc) is 2.73. The van der Waals surface area contributed by atoms with Crippen LogP contribution in [0.1, 0.15) is 10.4 Å². The number of aliphatic carboxylic acids is 1. The second-order valence-corrected chi connectivity index (χ2v) is 4.75. The van der Waals surface area contributed by atoms with Gasteiger partial charge in [0.1, 0.15) is 0 Å². The van der Waals surface area contributed by atoms with Gasteiger partial charge in [-0.2, -0.15) is 0 Å². The largest absolute Gasteiger partial charge is 0.478 e. The molecule has 86 valence electrons. The van der Waals surface area contributed by atoms with Crippen molar-refractivity contribution in [3.63, 3.8) is 0 Å². The SMILES string of the molecule is O=C(O)C(=Cc1ccccc1)c1cc(Cl)cs1. The van der Waals surface area contributed by atoms with E-state index in [-0.39, 0.29) is 5.57 Å². The molecule has 1 heterocycles. The van der Waals surface area contributed by atoms with Gasteiger partial charge in [0.05, 0.1) is 10.6 Å². The minimum Gasteiger partial charge on any atom is -0.478 e. The lowest BCUT2D eigenvalue weighted by Crippen LogP contribution is -1.97. The summed E-state index contributed by atoms with van der Waals surface area (Å²) >= 11 is 7.13. The molecule has 0 atom stereocenters. The Morgan fingerprint density at radius 1 is 1.29 bits per heavy atom. The number of rotatable bonds is 3. The van der Waals surface area contributed by atoms with Crippen molar-refractivity contribution < 1.29 is 9.90 Å². The second kappa shape index (κ2) is 5.17. The van der Waals surface area contributed by atoms with E-state index in [2.05, 4.69) is 0 Å². The highest BCUT2D eigenvalue weighted by Gasteiger charge is 2.12. The Morgan fingerprint density at radius 2 is 2.00 bits per heavy atom. The Kier molecular flexibility index (Phi) is 3.61. The zero-order valence-electron chi connectivity index (χ0n) is 8.76. The number of benzene rings is 1. The summed E-state index contributed by atoms with van der Waals surface area (Å²) in [6.45, 7) is 0. The van der Waals surface area contributed by atoms with Crippen molar-refractivity contribution in [2.45, 2.75) is 0 Å². The van der Waals surface area contributed by atoms with E-state index in [0.29, 0.717) is 9.90 Å². The highest BCUT2D eigenvalue weighted by molar-refractivity contribution is 7.12. The summed E-state index contributed by atoms with van der Waals surface area (Å²) in [5.74, 6) is -0.952. The summed E-state index contributed by atoms with van der Waals surface area (Å²) in [6.07, 6.45) is 1.64. The van der Waals surface area contributed by atoms with Crippen LogP contribution in [0.15, 0.2) is 41.8 Å². The standard InChI is InChI=1S/C13H9ClO2S/c14-10-7-12(17-8-10)11(13(15)16)6-9-4-2-1-3-5-9/h1-8H,(H,15,16). The van der Waals surface area contributed by atoms with Crippen molar-refractivity contribution in [1.29, 1.82) is 0 Å². The predicted molar refractivity (Wildman–Crippen MR) is 71.3 cm³/mol. The average molecular weight is 265 g/mol. The molecule has 0 saturated heterocycles. The Morgan fingerprint density at radius 3 is 2.53 bits per heavy atom. The van der Waals surface area contributed by atoms with Crippen LogP contribution in [0.4, 0.5) is 0 Å². The number of carbonyl (C=O) groups is 1. The Bertz CT molecular complexity index is 558. The molecule has 0 fully saturated rings. The lowest BCUT2D eigenvalue weighted by molar-refractivity contribution is -0.130. The maximum atomic E-state index is 11.2. The molecule has 1 N–H and O–H groups in total. The molecule has 17 heavy (non-hydrogen) atoms. The molecular weight excluding hydrogens is 256 g/mol. The summed E-state index contributed by atoms with van der Waals surface area (Å²) < 4.78 is 0. The van der Waals surface area contributed by atoms with Crippen molar-refractivity contribution in [1.82, 2.24) is 0 Å². The van der Waals surface area contributed by atoms with E-state index in [4.69, 9.17) is 11.6 Å². The predicted octanol–water partition coefficient (Wildman–Crippen LogP) is 4.03. The molecular formula is C13H9ClO2S. The van der Waals surface area contributed by atoms with Crippen molar-refractivity contribution in [3.8, 4) is 0 Å². The van der Waals surface area contributed by atoms with Crippen LogP contribution in [0.25, 0.3) is 11.6 Å². The molecule has 2 rings (SSSR count). The van der Waals surface area contributed by atoms with E-state index >= 15 is 0 Å². The summed E-state index contributed by atoms with van der Waals surface area (Å²) in [6, 6.07) is 11.0. The number of hydrogen-bond donors (Lipinski definition) is 1. The summed E-state index contributed by atoms with van der Waals surface area (Å²) in [5, 5.41) is 11.5. The fraction of sp³-hybridized carbons (Fsp3) is 0. The van der Waals surface area contributed by atoms with Crippen LogP contribution in [0.3, 0.4) is 0 Å². The van der Waals surface area contributed by atoms with Crippen molar-refractivity contribution >= 4 is 40.6 Å². The van der Waals surface area contributed by atoms with Gasteiger partial charge in [-0.1, -0.05) is 41.9 Å². The van der Waals surface area contributed by atoms with Gasteiger partial charge in [-0.05, 0) is 17.7 Å². The molecule has 4 heteroatoms. The van der Waals surface area contributed by atoms with E-state index in [1.165, 1.54) is 11.3 Å². The lowest BCUT2D eigenvalue weighted by Gasteiger charge is -1.99. The smallest absolute Gasteiger partial charge is 0.337 e. The second-order valence-electron chi connectivity index (χ2n) is 3.40. The first-order chi connectivity index (χ1) is 8.16. The van der Waals surface area contributed by atoms with E-state index in [0.717, 1.165) is 5.56 Å². The Balaban J connectivity index is 2.43. The van der Waals surface area contributed by atoms with Gasteiger partial charge in [-0.25, -0.2) is 4.79 Å². The van der Waals surface area contributed by atoms with Gasteiger partial charge in [-0.15, -0.1) is 11.3 Å². The fourth-order valence-corrected chi connectivity index (χ4v) is 2.49. The molecule has 2 aromatic rings. The molecule has 0 aliphatic carbocycles. The molecule has 1 aromatic carbocycles. The minimum absolute atomic E-state index is 0.258. The Labute approximate surface area is 108 Å². The molecule has 2 nitrogen and oxygen atoms in total. The van der Waals surface area contributed by atoms with Gasteiger partial charge in [0.25, 0.3) is 0 Å². The number of carboxylic acid groups (broad SMARTS) is 1. The van der Waals surface area contributed by atoms with Gasteiger partial charge < -0.3 is 5.11 Å². The number of halogens is 1. The van der Waals surface area contributed by atoms with Crippen LogP contribution in [0.5, 0.6) is 0 Å². The topological polar surface area (TPSA) is 37.3 Å². The molecule has 0 radical (unpaired) electrons. The zero-order chi connectivity index (χ0) is 12.3. The van der Waals surface area contributed by atoms with Crippen LogP contribution < -0.4 is 0 Å². The molecule has 0 aliphatic heterocycles. The van der Waals surface area contributed by atoms with Crippen LogP contribution in [-0.4, -0.2) is 11.1 Å². The number of hydrogen-bond acceptors (Lipinski definition) is 2. The molecule has 0 spiro atoms. The highest BCUT2D eigenvalue weighted by Crippen LogP contribution is 2.27. The van der Waals surface area contributed by atoms with E-state index in [9.17, 15) is 9.90 Å². The van der Waals surface area contributed by atoms with E-state index < -0.39 is 5.97 Å². The lowest BCUT2D eigenvalue weighted by atomic mass is 10.1. The summed E-state index contributed by atoms with van der Waals surface area (Å²) in [4.78, 5) is 11.9. The van der Waals surface area contributed by atoms with Crippen LogP contribution in [0.2, 0.25) is 5.02 Å². The van der Waals surface area contributed by atoms with Crippen LogP contribution >= 0.6 is 22.9 Å². The third-order valence-electron chi connectivity index (χ3n) is 2.17. The maximum absolute atomic E-state index is 11.2. The van der Waals surface area contributed by atoms with Crippen molar-refractivity contribution in [2.24, 2.45) is 0 Å². The third kappa shape index (κ3) is 2.96. The normalized spacial score (nSPS) is 11.5. The minimum atomic E-state index is -0.952. The molecule has 0 saturated carbocycles. The highest BCUT2D eigenvalue weighted by atomic mass is 35.5. The molecule has 0 aliphatic rings. The van der Waals surface area contributed by atoms with Gasteiger partial charge in [0, 0.05) is 10.3 Å². The van der Waals surface area contributed by atoms with Gasteiger partial charge in [0.15, 0.2) is 0 Å². The van der Waals surface area contributed by atoms with E-state index in [1.807, 2.05) is 30.3 Å². The van der Waals surface area contributed by atoms with E-state index in [1.54, 1.807) is 17.5 Å². The third-order valence-corrected chi connectivity index (χ3v) is 3.48. The van der Waals surface area contributed by atoms with Gasteiger partial charge >= 0.3 is 5.97 Å². The fourth-order valence-electron chi connectivity index (χ4n) is 1.41. The first-order valence-electron chi connectivity index (χ1n) is 4.91. The molecule has 0 amide bonds. The van der Waals surface area contributed by atoms with Crippen molar-refractivity contribution in [3.05, 3.63) is 57.2 Å². The first-order valence-corrected chi connectivity index (χ1v) is 6.17. The quantitative estimate of drug-likeness (QED) is 0.850. The van der Waals surface area contributed by atoms with Gasteiger partial charge in [0.2, 0.25) is 0 Å². The summed E-state index contributed by atoms with van der Waals surface area (Å²) in [5.41, 5.74) is 1.11. The molecule has 0 unspecified atom stereocenters. The summed E-state index contributed by atoms with van der Waals surface area (Å²) in [7, 11) is 0. The maximum Gasteiger partial charge on any atom is 0.337 e. The van der Waals surface area contributed by atoms with Crippen LogP contribution in [-0.2, 0) is 4.79 Å². The first kappa shape index (κ1) is 11.9. The molecule has 0 bridgehead atoms. The number of carboxylic acids is 1. The van der Waals surface area contributed by atoms with Gasteiger partial charge in [-0.3, -0.25) is 0 Å². The zero-order valence-corrected chi connectivity index (χ0v) is 10.3. The Hall–Kier alpha value is -1.58.